The lowest BCUT2D eigenvalue weighted by Crippen LogP contribution is -2.29. The van der Waals surface area contributed by atoms with Crippen molar-refractivity contribution in [2.75, 3.05) is 23.8 Å². The molecule has 1 fully saturated rings. The Labute approximate surface area is 217 Å². The molecule has 2 aliphatic heterocycles. The highest BCUT2D eigenvalue weighted by Crippen LogP contribution is 2.50. The predicted octanol–water partition coefficient (Wildman–Crippen LogP) is 6.30. The molecule has 5 rings (SSSR count). The standard InChI is InChI=1S/C27H22FN5OS2/c1-3-30-21-11-10-20(13-18(21)15-29)31-27-33(16-17-7-5-4-6-8-17)25(34)24(36-27)26-32(2)22-12-9-19(28)14-23(22)35-26/h4-14,30H,3,16H2,1-2H3/b26-24+,31-27?. The van der Waals surface area contributed by atoms with Crippen LogP contribution >= 0.6 is 23.5 Å². The van der Waals surface area contributed by atoms with Crippen molar-refractivity contribution in [2.24, 2.45) is 4.99 Å². The normalized spacial score (nSPS) is 18.1. The van der Waals surface area contributed by atoms with Gasteiger partial charge in [0.05, 0.1) is 34.2 Å². The molecule has 0 unspecified atom stereocenters. The van der Waals surface area contributed by atoms with E-state index in [1.807, 2.05) is 61.3 Å². The van der Waals surface area contributed by atoms with E-state index in [4.69, 9.17) is 4.99 Å². The maximum absolute atomic E-state index is 13.8. The van der Waals surface area contributed by atoms with E-state index in [1.165, 1.54) is 35.7 Å². The smallest absolute Gasteiger partial charge is 0.269 e. The Morgan fingerprint density at radius 2 is 1.89 bits per heavy atom. The molecule has 2 aliphatic rings. The Kier molecular flexibility index (Phi) is 6.72. The van der Waals surface area contributed by atoms with Crippen LogP contribution in [0, 0.1) is 17.1 Å². The minimum Gasteiger partial charge on any atom is -0.384 e. The van der Waals surface area contributed by atoms with Crippen LogP contribution in [-0.2, 0) is 11.3 Å². The van der Waals surface area contributed by atoms with Gasteiger partial charge in [0.25, 0.3) is 5.91 Å². The summed E-state index contributed by atoms with van der Waals surface area (Å²) < 4.78 is 13.8. The van der Waals surface area contributed by atoms with Crippen molar-refractivity contribution in [1.29, 1.82) is 5.26 Å². The zero-order chi connectivity index (χ0) is 25.2. The molecule has 0 bridgehead atoms. The number of rotatable bonds is 5. The summed E-state index contributed by atoms with van der Waals surface area (Å²) in [6, 6.07) is 22.0. The fourth-order valence-corrected chi connectivity index (χ4v) is 6.37. The molecule has 36 heavy (non-hydrogen) atoms. The number of amidine groups is 1. The molecule has 0 saturated carbocycles. The number of anilines is 2. The Hall–Kier alpha value is -3.74. The Bertz CT molecular complexity index is 1450. The molecular weight excluding hydrogens is 493 g/mol. The lowest BCUT2D eigenvalue weighted by Gasteiger charge is -2.17. The van der Waals surface area contributed by atoms with E-state index in [0.29, 0.717) is 34.4 Å². The maximum atomic E-state index is 13.8. The number of nitriles is 1. The van der Waals surface area contributed by atoms with E-state index >= 15 is 0 Å². The summed E-state index contributed by atoms with van der Waals surface area (Å²) in [5.41, 5.74) is 3.66. The fraction of sp³-hybridized carbons (Fsp3) is 0.148. The molecule has 180 valence electrons. The van der Waals surface area contributed by atoms with Gasteiger partial charge in [-0.25, -0.2) is 9.38 Å². The minimum absolute atomic E-state index is 0.157. The molecule has 3 aromatic rings. The summed E-state index contributed by atoms with van der Waals surface area (Å²) in [6.07, 6.45) is 0. The second-order valence-electron chi connectivity index (χ2n) is 8.15. The van der Waals surface area contributed by atoms with Crippen LogP contribution in [0.3, 0.4) is 0 Å². The van der Waals surface area contributed by atoms with E-state index in [9.17, 15) is 14.4 Å². The first-order chi connectivity index (χ1) is 17.5. The first-order valence-corrected chi connectivity index (χ1v) is 13.0. The van der Waals surface area contributed by atoms with Crippen LogP contribution in [0.2, 0.25) is 0 Å². The van der Waals surface area contributed by atoms with Crippen LogP contribution in [0.4, 0.5) is 21.5 Å². The van der Waals surface area contributed by atoms with Crippen molar-refractivity contribution in [3.63, 3.8) is 0 Å². The van der Waals surface area contributed by atoms with Gasteiger partial charge in [0.2, 0.25) is 0 Å². The average Bonchev–Trinajstić information content (AvgIpc) is 3.36. The van der Waals surface area contributed by atoms with Crippen LogP contribution in [0.25, 0.3) is 0 Å². The Balaban J connectivity index is 1.55. The number of fused-ring (bicyclic) bond motifs is 1. The summed E-state index contributed by atoms with van der Waals surface area (Å²) in [7, 11) is 1.88. The highest BCUT2D eigenvalue weighted by atomic mass is 32.2. The van der Waals surface area contributed by atoms with Crippen molar-refractivity contribution < 1.29 is 9.18 Å². The lowest BCUT2D eigenvalue weighted by atomic mass is 10.1. The topological polar surface area (TPSA) is 71.7 Å². The number of hydrogen-bond acceptors (Lipinski definition) is 7. The Morgan fingerprint density at radius 1 is 1.08 bits per heavy atom. The van der Waals surface area contributed by atoms with Crippen molar-refractivity contribution in [2.45, 2.75) is 18.4 Å². The van der Waals surface area contributed by atoms with Gasteiger partial charge in [-0.1, -0.05) is 42.1 Å². The van der Waals surface area contributed by atoms with Crippen LogP contribution in [-0.4, -0.2) is 29.6 Å². The zero-order valence-corrected chi connectivity index (χ0v) is 21.3. The second kappa shape index (κ2) is 10.1. The monoisotopic (exact) mass is 515 g/mol. The molecule has 3 aromatic carbocycles. The predicted molar refractivity (Wildman–Crippen MR) is 145 cm³/mol. The molecular formula is C27H22FN5OS2. The molecule has 0 radical (unpaired) electrons. The van der Waals surface area contributed by atoms with Gasteiger partial charge in [0.15, 0.2) is 5.17 Å². The van der Waals surface area contributed by atoms with Crippen LogP contribution in [0.15, 0.2) is 86.6 Å². The molecule has 2 heterocycles. The number of hydrogen-bond donors (Lipinski definition) is 1. The van der Waals surface area contributed by atoms with Crippen molar-refractivity contribution >= 4 is 51.7 Å². The van der Waals surface area contributed by atoms with Crippen molar-refractivity contribution in [3.8, 4) is 6.07 Å². The molecule has 9 heteroatoms. The maximum Gasteiger partial charge on any atom is 0.269 e. The van der Waals surface area contributed by atoms with E-state index in [1.54, 1.807) is 17.0 Å². The van der Waals surface area contributed by atoms with Gasteiger partial charge in [0, 0.05) is 18.5 Å². The summed E-state index contributed by atoms with van der Waals surface area (Å²) >= 11 is 2.68. The number of halogens is 1. The van der Waals surface area contributed by atoms with Gasteiger partial charge in [0.1, 0.15) is 16.8 Å². The average molecular weight is 516 g/mol. The van der Waals surface area contributed by atoms with Gasteiger partial charge in [-0.2, -0.15) is 5.26 Å². The number of aliphatic imine (C=N–C) groups is 1. The fourth-order valence-electron chi connectivity index (χ4n) is 4.00. The van der Waals surface area contributed by atoms with Gasteiger partial charge in [-0.3, -0.25) is 9.69 Å². The number of nitrogens with one attached hydrogen (secondary N) is 1. The number of carbonyl (C=O) groups is 1. The van der Waals surface area contributed by atoms with Gasteiger partial charge in [-0.05, 0) is 60.6 Å². The summed E-state index contributed by atoms with van der Waals surface area (Å²) in [4.78, 5) is 23.4. The summed E-state index contributed by atoms with van der Waals surface area (Å²) in [5.74, 6) is -0.469. The lowest BCUT2D eigenvalue weighted by molar-refractivity contribution is -0.122. The van der Waals surface area contributed by atoms with Gasteiger partial charge >= 0.3 is 0 Å². The highest BCUT2D eigenvalue weighted by Gasteiger charge is 2.39. The minimum atomic E-state index is -0.312. The Morgan fingerprint density at radius 3 is 2.64 bits per heavy atom. The largest absolute Gasteiger partial charge is 0.384 e. The molecule has 0 aliphatic carbocycles. The SMILES string of the molecule is CCNc1ccc(N=C2S/C(=C3/Sc4cc(F)ccc4N3C)C(=O)N2Cc2ccccc2)cc1C#N. The van der Waals surface area contributed by atoms with Crippen LogP contribution in [0.5, 0.6) is 0 Å². The first kappa shape index (κ1) is 24.0. The van der Waals surface area contributed by atoms with Crippen LogP contribution < -0.4 is 10.2 Å². The molecule has 0 atom stereocenters. The number of carbonyl (C=O) groups excluding carboxylic acids is 1. The van der Waals surface area contributed by atoms with Crippen molar-refractivity contribution in [3.05, 3.63) is 93.6 Å². The van der Waals surface area contributed by atoms with Gasteiger partial charge in [-0.15, -0.1) is 0 Å². The molecule has 1 saturated heterocycles. The van der Waals surface area contributed by atoms with Crippen LogP contribution in [0.1, 0.15) is 18.1 Å². The van der Waals surface area contributed by atoms with E-state index < -0.39 is 0 Å². The number of benzene rings is 3. The molecule has 6 nitrogen and oxygen atoms in total. The quantitative estimate of drug-likeness (QED) is 0.402. The number of thioether (sulfide) groups is 2. The third-order valence-electron chi connectivity index (χ3n) is 5.75. The number of nitrogens with zero attached hydrogens (tertiary/aromatic N) is 4. The molecule has 1 amide bonds. The summed E-state index contributed by atoms with van der Waals surface area (Å²) in [5, 5.41) is 14.0. The molecule has 0 spiro atoms. The number of amides is 1. The highest BCUT2D eigenvalue weighted by molar-refractivity contribution is 8.19. The molecule has 0 aromatic heterocycles. The van der Waals surface area contributed by atoms with Gasteiger partial charge < -0.3 is 10.2 Å². The molecule has 1 N–H and O–H groups in total. The third kappa shape index (κ3) is 4.57. The summed E-state index contributed by atoms with van der Waals surface area (Å²) in [6.45, 7) is 3.03. The third-order valence-corrected chi connectivity index (χ3v) is 8.17. The van der Waals surface area contributed by atoms with E-state index in [2.05, 4.69) is 11.4 Å². The van der Waals surface area contributed by atoms with E-state index in [0.717, 1.165) is 26.9 Å². The second-order valence-corrected chi connectivity index (χ2v) is 10.2. The van der Waals surface area contributed by atoms with E-state index in [-0.39, 0.29) is 11.7 Å². The first-order valence-electron chi connectivity index (χ1n) is 11.3. The van der Waals surface area contributed by atoms with Crippen molar-refractivity contribution in [1.82, 2.24) is 4.90 Å². The zero-order valence-electron chi connectivity index (χ0n) is 19.7.